The smallest absolute Gasteiger partial charge is 0.419 e. The maximum absolute atomic E-state index is 13.3. The van der Waals surface area contributed by atoms with E-state index >= 15 is 0 Å². The number of hydrogen-bond donors (Lipinski definition) is 0. The van der Waals surface area contributed by atoms with E-state index in [2.05, 4.69) is 4.90 Å². The number of fused-ring (bicyclic) bond motifs is 1. The van der Waals surface area contributed by atoms with E-state index in [0.717, 1.165) is 22.1 Å². The molecule has 0 N–H and O–H groups in total. The zero-order valence-electron chi connectivity index (χ0n) is 24.2. The Morgan fingerprint density at radius 2 is 1.71 bits per heavy atom. The molecule has 3 aromatic rings. The molecule has 0 aliphatic carbocycles. The lowest BCUT2D eigenvalue weighted by atomic mass is 9.98. The summed E-state index contributed by atoms with van der Waals surface area (Å²) in [6.07, 6.45) is -3.16. The molecular weight excluding hydrogens is 539 g/mol. The number of halogens is 3. The van der Waals surface area contributed by atoms with E-state index in [0.29, 0.717) is 29.9 Å². The lowest BCUT2D eigenvalue weighted by Gasteiger charge is -2.42. The summed E-state index contributed by atoms with van der Waals surface area (Å²) in [5.74, 6) is 0.131. The molecule has 0 radical (unpaired) electrons. The molecule has 2 aromatic carbocycles. The SMILES string of the molecule is COC(=O)c1ccc(C2CN(CC(F)(F)F)CCN2Cc2c(OC)cc(C)c3c2ccn3C(=O)OC(C)(C)C)cc1. The minimum atomic E-state index is -4.32. The molecule has 222 valence electrons. The molecule has 0 spiro atoms. The molecule has 1 aliphatic rings. The van der Waals surface area contributed by atoms with E-state index in [1.165, 1.54) is 16.6 Å². The number of aromatic nitrogens is 1. The summed E-state index contributed by atoms with van der Waals surface area (Å²) in [6.45, 7) is 7.38. The average molecular weight is 576 g/mol. The highest BCUT2D eigenvalue weighted by Gasteiger charge is 2.36. The van der Waals surface area contributed by atoms with Crippen LogP contribution in [0.3, 0.4) is 0 Å². The average Bonchev–Trinajstić information content (AvgIpc) is 3.35. The Hall–Kier alpha value is -3.57. The second-order valence-corrected chi connectivity index (χ2v) is 11.3. The van der Waals surface area contributed by atoms with Crippen molar-refractivity contribution in [2.45, 2.75) is 52.1 Å². The third kappa shape index (κ3) is 7.02. The first kappa shape index (κ1) is 30.4. The summed E-state index contributed by atoms with van der Waals surface area (Å²) in [7, 11) is 2.86. The van der Waals surface area contributed by atoms with Gasteiger partial charge in [-0.1, -0.05) is 12.1 Å². The molecule has 41 heavy (non-hydrogen) atoms. The molecular formula is C30H36F3N3O5. The first-order valence-electron chi connectivity index (χ1n) is 13.3. The van der Waals surface area contributed by atoms with Crippen molar-refractivity contribution in [1.82, 2.24) is 14.4 Å². The number of carbonyl (C=O) groups excluding carboxylic acids is 2. The molecule has 1 aliphatic heterocycles. The van der Waals surface area contributed by atoms with Gasteiger partial charge in [0.05, 0.1) is 31.8 Å². The van der Waals surface area contributed by atoms with Crippen molar-refractivity contribution in [3.05, 3.63) is 64.8 Å². The summed E-state index contributed by atoms with van der Waals surface area (Å²) < 4.78 is 57.5. The molecule has 1 aromatic heterocycles. The van der Waals surface area contributed by atoms with Crippen LogP contribution in [0.1, 0.15) is 53.9 Å². The molecule has 8 nitrogen and oxygen atoms in total. The van der Waals surface area contributed by atoms with Gasteiger partial charge in [-0.05, 0) is 63.1 Å². The van der Waals surface area contributed by atoms with Gasteiger partial charge in [0, 0.05) is 49.4 Å². The van der Waals surface area contributed by atoms with Crippen LogP contribution in [0, 0.1) is 6.92 Å². The van der Waals surface area contributed by atoms with Crippen molar-refractivity contribution in [3.63, 3.8) is 0 Å². The van der Waals surface area contributed by atoms with Crippen LogP contribution in [-0.4, -0.2) is 78.6 Å². The fourth-order valence-electron chi connectivity index (χ4n) is 5.31. The molecule has 0 bridgehead atoms. The highest BCUT2D eigenvalue weighted by molar-refractivity contribution is 5.95. The summed E-state index contributed by atoms with van der Waals surface area (Å²) >= 11 is 0. The number of piperazine rings is 1. The Kier molecular flexibility index (Phi) is 8.70. The van der Waals surface area contributed by atoms with Crippen LogP contribution in [-0.2, 0) is 16.0 Å². The third-order valence-corrected chi connectivity index (χ3v) is 7.10. The predicted molar refractivity (Wildman–Crippen MR) is 148 cm³/mol. The van der Waals surface area contributed by atoms with E-state index < -0.39 is 36.4 Å². The zero-order valence-corrected chi connectivity index (χ0v) is 24.2. The van der Waals surface area contributed by atoms with Gasteiger partial charge in [0.1, 0.15) is 11.4 Å². The normalized spacial score (nSPS) is 17.0. The predicted octanol–water partition coefficient (Wildman–Crippen LogP) is 5.95. The summed E-state index contributed by atoms with van der Waals surface area (Å²) in [5, 5.41) is 0.796. The number of aryl methyl sites for hydroxylation is 1. The molecule has 11 heteroatoms. The second kappa shape index (κ2) is 11.7. The molecule has 0 amide bonds. The van der Waals surface area contributed by atoms with Gasteiger partial charge in [-0.25, -0.2) is 9.59 Å². The first-order valence-corrected chi connectivity index (χ1v) is 13.3. The number of carbonyl (C=O) groups is 2. The number of esters is 1. The molecule has 1 unspecified atom stereocenters. The van der Waals surface area contributed by atoms with Crippen molar-refractivity contribution in [3.8, 4) is 5.75 Å². The fourth-order valence-corrected chi connectivity index (χ4v) is 5.31. The van der Waals surface area contributed by atoms with Gasteiger partial charge in [0.2, 0.25) is 0 Å². The summed E-state index contributed by atoms with van der Waals surface area (Å²) in [6, 6.07) is 10.0. The largest absolute Gasteiger partial charge is 0.496 e. The van der Waals surface area contributed by atoms with E-state index in [-0.39, 0.29) is 13.1 Å². The minimum Gasteiger partial charge on any atom is -0.496 e. The standard InChI is InChI=1S/C30H36F3N3O5/c1-19-15-25(39-5)23(22-11-12-36(26(19)22)28(38)41-29(2,3)4)16-35-14-13-34(18-30(31,32)33)17-24(35)20-7-9-21(10-8-20)27(37)40-6/h7-12,15,24H,13-14,16-18H2,1-6H3. The highest BCUT2D eigenvalue weighted by atomic mass is 19.4. The molecule has 2 heterocycles. The zero-order chi connectivity index (χ0) is 30.1. The number of ether oxygens (including phenoxy) is 3. The van der Waals surface area contributed by atoms with E-state index in [9.17, 15) is 22.8 Å². The first-order chi connectivity index (χ1) is 19.2. The quantitative estimate of drug-likeness (QED) is 0.337. The van der Waals surface area contributed by atoms with Gasteiger partial charge in [-0.15, -0.1) is 0 Å². The second-order valence-electron chi connectivity index (χ2n) is 11.3. The van der Waals surface area contributed by atoms with E-state index in [4.69, 9.17) is 14.2 Å². The maximum Gasteiger partial charge on any atom is 0.419 e. The van der Waals surface area contributed by atoms with Crippen LogP contribution in [0.15, 0.2) is 42.6 Å². The molecule has 1 atom stereocenters. The number of alkyl halides is 3. The Bertz CT molecular complexity index is 1410. The van der Waals surface area contributed by atoms with Crippen LogP contribution in [0.25, 0.3) is 10.9 Å². The Morgan fingerprint density at radius 3 is 2.29 bits per heavy atom. The lowest BCUT2D eigenvalue weighted by Crippen LogP contribution is -2.50. The number of methoxy groups -OCH3 is 2. The number of hydrogen-bond acceptors (Lipinski definition) is 7. The molecule has 0 saturated carbocycles. The van der Waals surface area contributed by atoms with Crippen LogP contribution < -0.4 is 4.74 Å². The van der Waals surface area contributed by atoms with E-state index in [1.807, 2.05) is 19.1 Å². The van der Waals surface area contributed by atoms with Gasteiger partial charge in [-0.2, -0.15) is 13.2 Å². The van der Waals surface area contributed by atoms with Gasteiger partial charge in [-0.3, -0.25) is 14.4 Å². The van der Waals surface area contributed by atoms with Crippen LogP contribution in [0.4, 0.5) is 18.0 Å². The topological polar surface area (TPSA) is 73.2 Å². The molecule has 1 saturated heterocycles. The molecule has 4 rings (SSSR count). The molecule has 1 fully saturated rings. The van der Waals surface area contributed by atoms with E-state index in [1.54, 1.807) is 58.3 Å². The Morgan fingerprint density at radius 1 is 1.02 bits per heavy atom. The van der Waals surface area contributed by atoms with Crippen molar-refractivity contribution in [2.24, 2.45) is 0 Å². The maximum atomic E-state index is 13.3. The minimum absolute atomic E-state index is 0.146. The van der Waals surface area contributed by atoms with Crippen LogP contribution in [0.2, 0.25) is 0 Å². The van der Waals surface area contributed by atoms with Crippen LogP contribution in [0.5, 0.6) is 5.75 Å². The van der Waals surface area contributed by atoms with Gasteiger partial charge in [0.15, 0.2) is 0 Å². The monoisotopic (exact) mass is 575 g/mol. The van der Waals surface area contributed by atoms with Gasteiger partial charge in [0.25, 0.3) is 0 Å². The number of nitrogens with zero attached hydrogens (tertiary/aromatic N) is 3. The Balaban J connectivity index is 1.73. The summed E-state index contributed by atoms with van der Waals surface area (Å²) in [5.41, 5.74) is 2.78. The van der Waals surface area contributed by atoms with Crippen LogP contribution >= 0.6 is 0 Å². The van der Waals surface area contributed by atoms with Crippen molar-refractivity contribution in [2.75, 3.05) is 40.4 Å². The van der Waals surface area contributed by atoms with Crippen molar-refractivity contribution >= 4 is 23.0 Å². The number of rotatable bonds is 6. The Labute approximate surface area is 237 Å². The lowest BCUT2D eigenvalue weighted by molar-refractivity contribution is -0.152. The third-order valence-electron chi connectivity index (χ3n) is 7.10. The number of benzene rings is 2. The highest BCUT2D eigenvalue weighted by Crippen LogP contribution is 2.36. The van der Waals surface area contributed by atoms with Crippen molar-refractivity contribution < 1.29 is 37.0 Å². The van der Waals surface area contributed by atoms with Gasteiger partial charge >= 0.3 is 18.2 Å². The fraction of sp³-hybridized carbons (Fsp3) is 0.467. The summed E-state index contributed by atoms with van der Waals surface area (Å²) in [4.78, 5) is 28.5. The van der Waals surface area contributed by atoms with Gasteiger partial charge < -0.3 is 14.2 Å². The van der Waals surface area contributed by atoms with Crippen molar-refractivity contribution in [1.29, 1.82) is 0 Å².